The van der Waals surface area contributed by atoms with Crippen LogP contribution in [-0.2, 0) is 27.4 Å². The van der Waals surface area contributed by atoms with Crippen molar-refractivity contribution >= 4 is 0 Å². The van der Waals surface area contributed by atoms with Gasteiger partial charge in [0.1, 0.15) is 18.3 Å². The number of hydrogen-bond acceptors (Lipinski definition) is 5. The van der Waals surface area contributed by atoms with Gasteiger partial charge in [-0.05, 0) is 11.1 Å². The smallest absolute Gasteiger partial charge is 0.186 e. The summed E-state index contributed by atoms with van der Waals surface area (Å²) in [5.74, 6) is 0. The molecule has 2 aromatic rings. The second kappa shape index (κ2) is 8.37. The van der Waals surface area contributed by atoms with Crippen molar-refractivity contribution in [3.8, 4) is 0 Å². The highest BCUT2D eigenvalue weighted by molar-refractivity contribution is 5.14. The van der Waals surface area contributed by atoms with Gasteiger partial charge < -0.3 is 24.4 Å². The van der Waals surface area contributed by atoms with Crippen molar-refractivity contribution in [3.05, 3.63) is 71.8 Å². The molecule has 128 valence electrons. The summed E-state index contributed by atoms with van der Waals surface area (Å²) in [7, 11) is 0. The Bertz CT molecular complexity index is 604. The molecule has 0 unspecified atom stereocenters. The number of rotatable bonds is 6. The molecular formula is C19H22O5. The molecule has 1 fully saturated rings. The van der Waals surface area contributed by atoms with Gasteiger partial charge in [-0.1, -0.05) is 60.7 Å². The SMILES string of the molecule is O[C@H]1[C@H](OCc2ccccc2)[C@H](OCc2ccccc2)OC[C@H]1O. The highest BCUT2D eigenvalue weighted by Gasteiger charge is 2.40. The fourth-order valence-corrected chi connectivity index (χ4v) is 2.61. The van der Waals surface area contributed by atoms with Gasteiger partial charge in [-0.25, -0.2) is 0 Å². The van der Waals surface area contributed by atoms with E-state index in [9.17, 15) is 10.2 Å². The molecule has 0 spiro atoms. The minimum absolute atomic E-state index is 0.0197. The zero-order chi connectivity index (χ0) is 16.8. The Morgan fingerprint density at radius 1 is 0.833 bits per heavy atom. The first-order chi connectivity index (χ1) is 11.7. The van der Waals surface area contributed by atoms with Gasteiger partial charge in [0, 0.05) is 0 Å². The summed E-state index contributed by atoms with van der Waals surface area (Å²) in [5.41, 5.74) is 1.98. The van der Waals surface area contributed by atoms with Crippen molar-refractivity contribution < 1.29 is 24.4 Å². The van der Waals surface area contributed by atoms with Crippen LogP contribution in [0.5, 0.6) is 0 Å². The second-order valence-corrected chi connectivity index (χ2v) is 5.82. The highest BCUT2D eigenvalue weighted by atomic mass is 16.7. The maximum absolute atomic E-state index is 10.2. The van der Waals surface area contributed by atoms with Crippen molar-refractivity contribution in [2.75, 3.05) is 6.61 Å². The summed E-state index contributed by atoms with van der Waals surface area (Å²) in [4.78, 5) is 0. The Labute approximate surface area is 141 Å². The summed E-state index contributed by atoms with van der Waals surface area (Å²) >= 11 is 0. The minimum atomic E-state index is -1.05. The molecule has 1 saturated heterocycles. The first-order valence-corrected chi connectivity index (χ1v) is 8.03. The molecule has 0 radical (unpaired) electrons. The van der Waals surface area contributed by atoms with Gasteiger partial charge in [0.25, 0.3) is 0 Å². The summed E-state index contributed by atoms with van der Waals surface area (Å²) in [6.45, 7) is 0.676. The molecule has 2 N–H and O–H groups in total. The molecule has 5 heteroatoms. The summed E-state index contributed by atoms with van der Waals surface area (Å²) in [6, 6.07) is 19.4. The Morgan fingerprint density at radius 3 is 1.96 bits per heavy atom. The topological polar surface area (TPSA) is 68.2 Å². The lowest BCUT2D eigenvalue weighted by atomic mass is 10.1. The monoisotopic (exact) mass is 330 g/mol. The molecule has 5 nitrogen and oxygen atoms in total. The highest BCUT2D eigenvalue weighted by Crippen LogP contribution is 2.22. The van der Waals surface area contributed by atoms with Gasteiger partial charge in [-0.2, -0.15) is 0 Å². The minimum Gasteiger partial charge on any atom is -0.388 e. The maximum atomic E-state index is 10.2. The molecule has 0 aromatic heterocycles. The van der Waals surface area contributed by atoms with E-state index in [4.69, 9.17) is 14.2 Å². The fraction of sp³-hybridized carbons (Fsp3) is 0.368. The summed E-state index contributed by atoms with van der Waals surface area (Å²) < 4.78 is 17.1. The van der Waals surface area contributed by atoms with E-state index in [2.05, 4.69) is 0 Å². The van der Waals surface area contributed by atoms with E-state index < -0.39 is 24.6 Å². The van der Waals surface area contributed by atoms with E-state index in [-0.39, 0.29) is 6.61 Å². The number of benzene rings is 2. The molecule has 1 aliphatic rings. The van der Waals surface area contributed by atoms with E-state index in [1.54, 1.807) is 0 Å². The first-order valence-electron chi connectivity index (χ1n) is 8.03. The quantitative estimate of drug-likeness (QED) is 0.846. The van der Waals surface area contributed by atoms with Gasteiger partial charge in [-0.3, -0.25) is 0 Å². The zero-order valence-corrected chi connectivity index (χ0v) is 13.3. The Kier molecular flexibility index (Phi) is 5.96. The Hall–Kier alpha value is -1.76. The van der Waals surface area contributed by atoms with Crippen LogP contribution in [0.4, 0.5) is 0 Å². The maximum Gasteiger partial charge on any atom is 0.186 e. The predicted octanol–water partition coefficient (Wildman–Crippen LogP) is 1.87. The van der Waals surface area contributed by atoms with Crippen molar-refractivity contribution in [2.45, 2.75) is 37.8 Å². The Balaban J connectivity index is 1.61. The van der Waals surface area contributed by atoms with Crippen molar-refractivity contribution in [1.82, 2.24) is 0 Å². The number of aliphatic hydroxyl groups excluding tert-OH is 2. The van der Waals surface area contributed by atoms with Crippen LogP contribution in [0.1, 0.15) is 11.1 Å². The molecule has 0 aliphatic carbocycles. The molecule has 3 rings (SSSR count). The van der Waals surface area contributed by atoms with Gasteiger partial charge in [0.05, 0.1) is 19.8 Å². The molecule has 0 amide bonds. The zero-order valence-electron chi connectivity index (χ0n) is 13.3. The lowest BCUT2D eigenvalue weighted by molar-refractivity contribution is -0.286. The average Bonchev–Trinajstić information content (AvgIpc) is 2.63. The van der Waals surface area contributed by atoms with Gasteiger partial charge in [0.15, 0.2) is 6.29 Å². The van der Waals surface area contributed by atoms with Crippen molar-refractivity contribution in [3.63, 3.8) is 0 Å². The lowest BCUT2D eigenvalue weighted by Gasteiger charge is -2.37. The van der Waals surface area contributed by atoms with Crippen molar-refractivity contribution in [2.24, 2.45) is 0 Å². The van der Waals surface area contributed by atoms with Crippen LogP contribution in [0.25, 0.3) is 0 Å². The Morgan fingerprint density at radius 2 is 1.38 bits per heavy atom. The van der Waals surface area contributed by atoms with Crippen LogP contribution in [0.3, 0.4) is 0 Å². The molecule has 24 heavy (non-hydrogen) atoms. The lowest BCUT2D eigenvalue weighted by Crippen LogP contribution is -2.54. The van der Waals surface area contributed by atoms with E-state index in [0.29, 0.717) is 13.2 Å². The second-order valence-electron chi connectivity index (χ2n) is 5.82. The standard InChI is InChI=1S/C19H22O5/c20-16-13-24-19(23-12-15-9-5-2-6-10-15)18(17(16)21)22-11-14-7-3-1-4-8-14/h1-10,16-21H,11-13H2/t16-,17-,18+,19-/m1/s1. The average molecular weight is 330 g/mol. The molecule has 1 heterocycles. The fourth-order valence-electron chi connectivity index (χ4n) is 2.61. The normalized spacial score (nSPS) is 27.1. The third-order valence-electron chi connectivity index (χ3n) is 3.97. The van der Waals surface area contributed by atoms with E-state index in [1.165, 1.54) is 0 Å². The van der Waals surface area contributed by atoms with Crippen LogP contribution in [-0.4, -0.2) is 41.4 Å². The van der Waals surface area contributed by atoms with Crippen molar-refractivity contribution in [1.29, 1.82) is 0 Å². The number of aliphatic hydroxyl groups is 2. The molecular weight excluding hydrogens is 308 g/mol. The molecule has 4 atom stereocenters. The first kappa shape index (κ1) is 17.1. The number of ether oxygens (including phenoxy) is 3. The van der Waals surface area contributed by atoms with E-state index in [0.717, 1.165) is 11.1 Å². The third kappa shape index (κ3) is 4.41. The van der Waals surface area contributed by atoms with E-state index >= 15 is 0 Å². The van der Waals surface area contributed by atoms with Crippen LogP contribution in [0, 0.1) is 0 Å². The van der Waals surface area contributed by atoms with Gasteiger partial charge in [0.2, 0.25) is 0 Å². The van der Waals surface area contributed by atoms with E-state index in [1.807, 2.05) is 60.7 Å². The van der Waals surface area contributed by atoms with Crippen LogP contribution >= 0.6 is 0 Å². The molecule has 2 aromatic carbocycles. The van der Waals surface area contributed by atoms with Crippen LogP contribution in [0.2, 0.25) is 0 Å². The molecule has 0 saturated carbocycles. The summed E-state index contributed by atoms with van der Waals surface area (Å²) in [5, 5.41) is 20.1. The summed E-state index contributed by atoms with van der Waals surface area (Å²) in [6.07, 6.45) is -3.52. The van der Waals surface area contributed by atoms with Gasteiger partial charge >= 0.3 is 0 Å². The molecule has 1 aliphatic heterocycles. The predicted molar refractivity (Wildman–Crippen MR) is 88.0 cm³/mol. The number of hydrogen-bond donors (Lipinski definition) is 2. The molecule has 0 bridgehead atoms. The largest absolute Gasteiger partial charge is 0.388 e. The van der Waals surface area contributed by atoms with Gasteiger partial charge in [-0.15, -0.1) is 0 Å². The third-order valence-corrected chi connectivity index (χ3v) is 3.97. The van der Waals surface area contributed by atoms with Crippen LogP contribution < -0.4 is 0 Å². The van der Waals surface area contributed by atoms with Crippen LogP contribution in [0.15, 0.2) is 60.7 Å².